The summed E-state index contributed by atoms with van der Waals surface area (Å²) in [6.07, 6.45) is 3.80. The highest BCUT2D eigenvalue weighted by Gasteiger charge is 2.26. The molecule has 29 heavy (non-hydrogen) atoms. The van der Waals surface area contributed by atoms with Gasteiger partial charge in [-0.2, -0.15) is 0 Å². The van der Waals surface area contributed by atoms with E-state index >= 15 is 0 Å². The summed E-state index contributed by atoms with van der Waals surface area (Å²) in [4.78, 5) is 11.6. The third kappa shape index (κ3) is 4.32. The molecule has 3 aromatic rings. The molecule has 0 spiro atoms. The molecule has 150 valence electrons. The number of hydrogen-bond acceptors (Lipinski definition) is 4. The molecule has 1 aromatic heterocycles. The third-order valence-electron chi connectivity index (χ3n) is 4.57. The fourth-order valence-electron chi connectivity index (χ4n) is 3.19. The van der Waals surface area contributed by atoms with Crippen LogP contribution in [-0.4, -0.2) is 18.4 Å². The molecule has 0 saturated carbocycles. The van der Waals surface area contributed by atoms with E-state index in [9.17, 15) is 13.2 Å². The maximum Gasteiger partial charge on any atom is 0.303 e. The van der Waals surface area contributed by atoms with Gasteiger partial charge in [-0.15, -0.1) is 6.58 Å². The number of allylic oxidation sites excluding steroid dienone is 1. The lowest BCUT2D eigenvalue weighted by Gasteiger charge is -2.13. The Morgan fingerprint density at radius 2 is 1.76 bits per heavy atom. The van der Waals surface area contributed by atoms with Crippen molar-refractivity contribution in [3.63, 3.8) is 0 Å². The van der Waals surface area contributed by atoms with E-state index < -0.39 is 16.0 Å². The molecule has 5 nitrogen and oxygen atoms in total. The van der Waals surface area contributed by atoms with Crippen molar-refractivity contribution in [2.45, 2.75) is 31.8 Å². The molecule has 0 saturated heterocycles. The maximum atomic E-state index is 13.4. The Kier molecular flexibility index (Phi) is 6.03. The zero-order valence-corrected chi connectivity index (χ0v) is 17.3. The quantitative estimate of drug-likeness (QED) is 0.426. The standard InChI is InChI=1S/C23H23NO4S/c1-4-8-20-15-24(29(26,27)21-13-11-17(2)12-14-21)22(16-28-18(3)25)23(20)19-9-6-5-7-10-19/h4-7,9-15H,1,8,16H2,2-3H3. The minimum atomic E-state index is -3.87. The fraction of sp³-hybridized carbons (Fsp3) is 0.174. The Labute approximate surface area is 171 Å². The van der Waals surface area contributed by atoms with Crippen LogP contribution in [0.1, 0.15) is 23.7 Å². The van der Waals surface area contributed by atoms with Crippen LogP contribution in [0.15, 0.2) is 78.3 Å². The molecule has 6 heteroatoms. The number of aromatic nitrogens is 1. The van der Waals surface area contributed by atoms with Crippen molar-refractivity contribution >= 4 is 16.0 Å². The number of nitrogens with zero attached hydrogens (tertiary/aromatic N) is 1. The highest BCUT2D eigenvalue weighted by Crippen LogP contribution is 2.33. The number of rotatable bonds is 7. The van der Waals surface area contributed by atoms with Gasteiger partial charge in [0.2, 0.25) is 0 Å². The molecule has 0 unspecified atom stereocenters. The van der Waals surface area contributed by atoms with Gasteiger partial charge in [-0.05, 0) is 36.6 Å². The Bertz CT molecular complexity index is 1130. The lowest BCUT2D eigenvalue weighted by molar-refractivity contribution is -0.142. The number of ether oxygens (including phenoxy) is 1. The van der Waals surface area contributed by atoms with Gasteiger partial charge in [-0.3, -0.25) is 4.79 Å². The fourth-order valence-corrected chi connectivity index (χ4v) is 4.60. The Balaban J connectivity index is 2.26. The number of esters is 1. The van der Waals surface area contributed by atoms with Crippen molar-refractivity contribution in [2.75, 3.05) is 0 Å². The van der Waals surface area contributed by atoms with Gasteiger partial charge < -0.3 is 4.74 Å². The molecule has 3 rings (SSSR count). The topological polar surface area (TPSA) is 65.4 Å². The molecule has 0 atom stereocenters. The maximum absolute atomic E-state index is 13.4. The molecule has 0 bridgehead atoms. The SMILES string of the molecule is C=CCc1cn(S(=O)(=O)c2ccc(C)cc2)c(COC(C)=O)c1-c1ccccc1. The summed E-state index contributed by atoms with van der Waals surface area (Å²) >= 11 is 0. The van der Waals surface area contributed by atoms with Crippen LogP contribution in [0.3, 0.4) is 0 Å². The first-order chi connectivity index (χ1) is 13.8. The smallest absolute Gasteiger partial charge is 0.303 e. The molecule has 0 fully saturated rings. The predicted octanol–water partition coefficient (Wildman–Crippen LogP) is 4.49. The second-order valence-electron chi connectivity index (χ2n) is 6.73. The van der Waals surface area contributed by atoms with Crippen LogP contribution >= 0.6 is 0 Å². The summed E-state index contributed by atoms with van der Waals surface area (Å²) < 4.78 is 33.3. The van der Waals surface area contributed by atoms with E-state index in [0.29, 0.717) is 12.1 Å². The number of hydrogen-bond donors (Lipinski definition) is 0. The second kappa shape index (κ2) is 8.49. The van der Waals surface area contributed by atoms with Gasteiger partial charge >= 0.3 is 5.97 Å². The first-order valence-electron chi connectivity index (χ1n) is 9.19. The van der Waals surface area contributed by atoms with Crippen molar-refractivity contribution < 1.29 is 17.9 Å². The van der Waals surface area contributed by atoms with Gasteiger partial charge in [0, 0.05) is 18.7 Å². The van der Waals surface area contributed by atoms with Gasteiger partial charge in [0.05, 0.1) is 10.6 Å². The van der Waals surface area contributed by atoms with E-state index in [2.05, 4.69) is 6.58 Å². The molecule has 0 aliphatic rings. The summed E-state index contributed by atoms with van der Waals surface area (Å²) in [6, 6.07) is 16.1. The Hall–Kier alpha value is -3.12. The molecule has 0 radical (unpaired) electrons. The van der Waals surface area contributed by atoms with Crippen LogP contribution in [-0.2, 0) is 32.6 Å². The minimum Gasteiger partial charge on any atom is -0.459 e. The first-order valence-corrected chi connectivity index (χ1v) is 10.6. The highest BCUT2D eigenvalue weighted by molar-refractivity contribution is 7.90. The van der Waals surface area contributed by atoms with Crippen molar-refractivity contribution in [2.24, 2.45) is 0 Å². The summed E-state index contributed by atoms with van der Waals surface area (Å²) in [6.45, 7) is 6.84. The molecule has 1 heterocycles. The lowest BCUT2D eigenvalue weighted by atomic mass is 10.00. The number of benzene rings is 2. The third-order valence-corrected chi connectivity index (χ3v) is 6.28. The molecular weight excluding hydrogens is 386 g/mol. The summed E-state index contributed by atoms with van der Waals surface area (Å²) in [5, 5.41) is 0. The normalized spacial score (nSPS) is 11.2. The molecule has 0 aliphatic heterocycles. The zero-order valence-electron chi connectivity index (χ0n) is 16.5. The summed E-state index contributed by atoms with van der Waals surface area (Å²) in [5.74, 6) is -0.477. The van der Waals surface area contributed by atoms with Gasteiger partial charge in [-0.1, -0.05) is 54.1 Å². The van der Waals surface area contributed by atoms with E-state index in [4.69, 9.17) is 4.74 Å². The van der Waals surface area contributed by atoms with Crippen molar-refractivity contribution in [1.82, 2.24) is 3.97 Å². The van der Waals surface area contributed by atoms with Crippen LogP contribution in [0.25, 0.3) is 11.1 Å². The van der Waals surface area contributed by atoms with Crippen LogP contribution in [0.5, 0.6) is 0 Å². The van der Waals surface area contributed by atoms with E-state index in [1.165, 1.54) is 10.9 Å². The second-order valence-corrected chi connectivity index (χ2v) is 8.54. The largest absolute Gasteiger partial charge is 0.459 e. The van der Waals surface area contributed by atoms with Crippen molar-refractivity contribution in [1.29, 1.82) is 0 Å². The zero-order chi connectivity index (χ0) is 21.0. The van der Waals surface area contributed by atoms with Crippen LogP contribution in [0.4, 0.5) is 0 Å². The van der Waals surface area contributed by atoms with Crippen molar-refractivity contribution in [3.8, 4) is 11.1 Å². The van der Waals surface area contributed by atoms with Crippen LogP contribution in [0.2, 0.25) is 0 Å². The van der Waals surface area contributed by atoms with Gasteiger partial charge in [0.25, 0.3) is 10.0 Å². The van der Waals surface area contributed by atoms with E-state index in [1.807, 2.05) is 37.3 Å². The minimum absolute atomic E-state index is 0.151. The predicted molar refractivity (Wildman–Crippen MR) is 113 cm³/mol. The number of carbonyl (C=O) groups excluding carboxylic acids is 1. The van der Waals surface area contributed by atoms with Gasteiger partial charge in [0.1, 0.15) is 6.61 Å². The number of carbonyl (C=O) groups is 1. The molecular formula is C23H23NO4S. The lowest BCUT2D eigenvalue weighted by Crippen LogP contribution is -2.16. The molecule has 0 amide bonds. The van der Waals surface area contributed by atoms with Gasteiger partial charge in [-0.25, -0.2) is 12.4 Å². The molecule has 0 N–H and O–H groups in total. The monoisotopic (exact) mass is 409 g/mol. The van der Waals surface area contributed by atoms with E-state index in [0.717, 1.165) is 22.3 Å². The van der Waals surface area contributed by atoms with E-state index in [-0.39, 0.29) is 11.5 Å². The van der Waals surface area contributed by atoms with Gasteiger partial charge in [0.15, 0.2) is 0 Å². The Morgan fingerprint density at radius 1 is 1.10 bits per heavy atom. The molecule has 0 aliphatic carbocycles. The molecule has 2 aromatic carbocycles. The average Bonchev–Trinajstić information content (AvgIpc) is 3.06. The van der Waals surface area contributed by atoms with E-state index in [1.54, 1.807) is 36.5 Å². The first kappa shape index (κ1) is 20.6. The summed E-state index contributed by atoms with van der Waals surface area (Å²) in [7, 11) is -3.87. The Morgan fingerprint density at radius 3 is 2.34 bits per heavy atom. The summed E-state index contributed by atoms with van der Waals surface area (Å²) in [5.41, 5.74) is 3.76. The number of aryl methyl sites for hydroxylation is 1. The van der Waals surface area contributed by atoms with Crippen LogP contribution in [0, 0.1) is 6.92 Å². The van der Waals surface area contributed by atoms with Crippen molar-refractivity contribution in [3.05, 3.63) is 90.3 Å². The highest BCUT2D eigenvalue weighted by atomic mass is 32.2. The van der Waals surface area contributed by atoms with Crippen LogP contribution < -0.4 is 0 Å². The average molecular weight is 410 g/mol.